The standard InChI is InChI=1S/C16H16N2O3/c1-3-21-16(19)14-15(18-8-4-5-9-18)12-10-11(20-2)6-7-13(12)17-14/h4-10,17H,3H2,1-2H3. The molecule has 0 aliphatic rings. The number of esters is 1. The van der Waals surface area contributed by atoms with Crippen LogP contribution >= 0.6 is 0 Å². The maximum Gasteiger partial charge on any atom is 0.356 e. The molecule has 0 radical (unpaired) electrons. The molecular formula is C16H16N2O3. The molecule has 0 bridgehead atoms. The number of nitrogens with zero attached hydrogens (tertiary/aromatic N) is 1. The van der Waals surface area contributed by atoms with Crippen LogP contribution in [0.2, 0.25) is 0 Å². The van der Waals surface area contributed by atoms with Crippen LogP contribution in [0.3, 0.4) is 0 Å². The second-order valence-corrected chi connectivity index (χ2v) is 4.57. The molecule has 0 spiro atoms. The predicted octanol–water partition coefficient (Wildman–Crippen LogP) is 3.14. The van der Waals surface area contributed by atoms with Crippen molar-refractivity contribution in [3.05, 3.63) is 48.4 Å². The van der Waals surface area contributed by atoms with E-state index in [4.69, 9.17) is 9.47 Å². The highest BCUT2D eigenvalue weighted by Crippen LogP contribution is 2.30. The number of ether oxygens (including phenoxy) is 2. The first-order valence-electron chi connectivity index (χ1n) is 6.74. The van der Waals surface area contributed by atoms with Crippen LogP contribution in [0.5, 0.6) is 5.75 Å². The summed E-state index contributed by atoms with van der Waals surface area (Å²) in [4.78, 5) is 15.3. The third-order valence-corrected chi connectivity index (χ3v) is 3.32. The van der Waals surface area contributed by atoms with Crippen molar-refractivity contribution in [2.45, 2.75) is 6.92 Å². The first-order valence-corrected chi connectivity index (χ1v) is 6.74. The topological polar surface area (TPSA) is 56.3 Å². The molecule has 0 unspecified atom stereocenters. The van der Waals surface area contributed by atoms with E-state index in [-0.39, 0.29) is 5.97 Å². The van der Waals surface area contributed by atoms with Gasteiger partial charge in [0.1, 0.15) is 11.4 Å². The Kier molecular flexibility index (Phi) is 3.39. The summed E-state index contributed by atoms with van der Waals surface area (Å²) in [5, 5.41) is 0.911. The minimum absolute atomic E-state index is 0.336. The lowest BCUT2D eigenvalue weighted by Gasteiger charge is -2.06. The molecule has 108 valence electrons. The van der Waals surface area contributed by atoms with Crippen molar-refractivity contribution in [3.63, 3.8) is 0 Å². The van der Waals surface area contributed by atoms with Gasteiger partial charge in [0, 0.05) is 23.3 Å². The van der Waals surface area contributed by atoms with Gasteiger partial charge in [-0.05, 0) is 37.3 Å². The number of fused-ring (bicyclic) bond motifs is 1. The summed E-state index contributed by atoms with van der Waals surface area (Å²) >= 11 is 0. The molecule has 2 heterocycles. The Balaban J connectivity index is 2.26. The van der Waals surface area contributed by atoms with Gasteiger partial charge in [-0.1, -0.05) is 0 Å². The number of carbonyl (C=O) groups is 1. The van der Waals surface area contributed by atoms with Crippen molar-refractivity contribution in [2.75, 3.05) is 13.7 Å². The quantitative estimate of drug-likeness (QED) is 0.749. The molecule has 0 saturated carbocycles. The molecule has 5 heteroatoms. The fourth-order valence-corrected chi connectivity index (χ4v) is 2.39. The summed E-state index contributed by atoms with van der Waals surface area (Å²) < 4.78 is 12.3. The summed E-state index contributed by atoms with van der Waals surface area (Å²) in [5.74, 6) is 0.377. The number of methoxy groups -OCH3 is 1. The zero-order valence-electron chi connectivity index (χ0n) is 11.9. The third-order valence-electron chi connectivity index (χ3n) is 3.32. The molecule has 0 atom stereocenters. The molecule has 0 aliphatic heterocycles. The van der Waals surface area contributed by atoms with Crippen LogP contribution in [0.1, 0.15) is 17.4 Å². The lowest BCUT2D eigenvalue weighted by Crippen LogP contribution is -2.08. The Bertz CT molecular complexity index is 772. The third kappa shape index (κ3) is 2.27. The van der Waals surface area contributed by atoms with E-state index in [1.54, 1.807) is 14.0 Å². The van der Waals surface area contributed by atoms with Crippen molar-refractivity contribution in [1.82, 2.24) is 9.55 Å². The number of benzene rings is 1. The molecule has 21 heavy (non-hydrogen) atoms. The Labute approximate surface area is 122 Å². The number of nitrogens with one attached hydrogen (secondary N) is 1. The van der Waals surface area contributed by atoms with E-state index >= 15 is 0 Å². The van der Waals surface area contributed by atoms with E-state index < -0.39 is 0 Å². The fourth-order valence-electron chi connectivity index (χ4n) is 2.39. The predicted molar refractivity (Wildman–Crippen MR) is 80.1 cm³/mol. The van der Waals surface area contributed by atoms with E-state index in [0.29, 0.717) is 12.3 Å². The Morgan fingerprint density at radius 1 is 1.29 bits per heavy atom. The van der Waals surface area contributed by atoms with Gasteiger partial charge >= 0.3 is 5.97 Å². The molecule has 0 amide bonds. The van der Waals surface area contributed by atoms with E-state index in [1.165, 1.54) is 0 Å². The molecule has 2 aromatic heterocycles. The molecule has 5 nitrogen and oxygen atoms in total. The normalized spacial score (nSPS) is 10.8. The molecular weight excluding hydrogens is 268 g/mol. The summed E-state index contributed by atoms with van der Waals surface area (Å²) in [5.41, 5.74) is 2.08. The smallest absolute Gasteiger partial charge is 0.356 e. The Morgan fingerprint density at radius 3 is 2.71 bits per heavy atom. The van der Waals surface area contributed by atoms with Crippen LogP contribution < -0.4 is 4.74 Å². The number of aromatic amines is 1. The van der Waals surface area contributed by atoms with Gasteiger partial charge in [0.25, 0.3) is 0 Å². The van der Waals surface area contributed by atoms with Crippen LogP contribution in [0.25, 0.3) is 16.6 Å². The molecule has 3 rings (SSSR count). The van der Waals surface area contributed by atoms with Crippen molar-refractivity contribution < 1.29 is 14.3 Å². The number of rotatable bonds is 4. The minimum atomic E-state index is -0.364. The van der Waals surface area contributed by atoms with Crippen LogP contribution in [0.15, 0.2) is 42.7 Å². The molecule has 1 aromatic carbocycles. The lowest BCUT2D eigenvalue weighted by molar-refractivity contribution is 0.0520. The number of aromatic nitrogens is 2. The number of carbonyl (C=O) groups excluding carboxylic acids is 1. The van der Waals surface area contributed by atoms with Gasteiger partial charge in [-0.15, -0.1) is 0 Å². The zero-order valence-corrected chi connectivity index (χ0v) is 11.9. The highest BCUT2D eigenvalue weighted by Gasteiger charge is 2.20. The second-order valence-electron chi connectivity index (χ2n) is 4.57. The average Bonchev–Trinajstić information content (AvgIpc) is 3.13. The molecule has 3 aromatic rings. The van der Waals surface area contributed by atoms with E-state index in [0.717, 1.165) is 22.3 Å². The van der Waals surface area contributed by atoms with Gasteiger partial charge < -0.3 is 19.0 Å². The van der Waals surface area contributed by atoms with Crippen LogP contribution in [0.4, 0.5) is 0 Å². The second kappa shape index (κ2) is 5.36. The average molecular weight is 284 g/mol. The van der Waals surface area contributed by atoms with Crippen LogP contribution in [-0.2, 0) is 4.74 Å². The van der Waals surface area contributed by atoms with E-state index in [9.17, 15) is 4.79 Å². The van der Waals surface area contributed by atoms with Gasteiger partial charge in [0.15, 0.2) is 0 Å². The zero-order chi connectivity index (χ0) is 14.8. The van der Waals surface area contributed by atoms with Crippen molar-refractivity contribution in [3.8, 4) is 11.4 Å². The largest absolute Gasteiger partial charge is 0.497 e. The minimum Gasteiger partial charge on any atom is -0.497 e. The van der Waals surface area contributed by atoms with Gasteiger partial charge in [0.2, 0.25) is 0 Å². The highest BCUT2D eigenvalue weighted by molar-refractivity contribution is 6.03. The molecule has 0 saturated heterocycles. The number of hydrogen-bond acceptors (Lipinski definition) is 3. The van der Waals surface area contributed by atoms with Gasteiger partial charge in [-0.2, -0.15) is 0 Å². The first kappa shape index (κ1) is 13.3. The molecule has 0 fully saturated rings. The monoisotopic (exact) mass is 284 g/mol. The SMILES string of the molecule is CCOC(=O)c1[nH]c2ccc(OC)cc2c1-n1cccc1. The van der Waals surface area contributed by atoms with Crippen molar-refractivity contribution >= 4 is 16.9 Å². The number of H-pyrrole nitrogens is 1. The van der Waals surface area contributed by atoms with Gasteiger partial charge in [0.05, 0.1) is 19.4 Å². The summed E-state index contributed by atoms with van der Waals surface area (Å²) in [6.07, 6.45) is 3.79. The molecule has 1 N–H and O–H groups in total. The van der Waals surface area contributed by atoms with Crippen LogP contribution in [-0.4, -0.2) is 29.2 Å². The van der Waals surface area contributed by atoms with Crippen LogP contribution in [0, 0.1) is 0 Å². The summed E-state index contributed by atoms with van der Waals surface area (Å²) in [6.45, 7) is 2.13. The maximum absolute atomic E-state index is 12.2. The summed E-state index contributed by atoms with van der Waals surface area (Å²) in [7, 11) is 1.62. The Morgan fingerprint density at radius 2 is 2.05 bits per heavy atom. The fraction of sp³-hybridized carbons (Fsp3) is 0.188. The maximum atomic E-state index is 12.2. The molecule has 0 aliphatic carbocycles. The summed E-state index contributed by atoms with van der Waals surface area (Å²) in [6, 6.07) is 9.48. The first-order chi connectivity index (χ1) is 10.2. The van der Waals surface area contributed by atoms with Crippen molar-refractivity contribution in [2.24, 2.45) is 0 Å². The van der Waals surface area contributed by atoms with Crippen molar-refractivity contribution in [1.29, 1.82) is 0 Å². The van der Waals surface area contributed by atoms with Gasteiger partial charge in [-0.25, -0.2) is 4.79 Å². The number of hydrogen-bond donors (Lipinski definition) is 1. The van der Waals surface area contributed by atoms with E-state index in [1.807, 2.05) is 47.3 Å². The van der Waals surface area contributed by atoms with Gasteiger partial charge in [-0.3, -0.25) is 0 Å². The highest BCUT2D eigenvalue weighted by atomic mass is 16.5. The van der Waals surface area contributed by atoms with E-state index in [2.05, 4.69) is 4.98 Å². The Hall–Kier alpha value is -2.69. The lowest BCUT2D eigenvalue weighted by atomic mass is 10.2.